The quantitative estimate of drug-likeness (QED) is 0.674. The average Bonchev–Trinajstić information content (AvgIpc) is 2.60. The molecule has 26 heavy (non-hydrogen) atoms. The molecule has 0 saturated carbocycles. The number of benzene rings is 2. The summed E-state index contributed by atoms with van der Waals surface area (Å²) in [6.07, 6.45) is 1.52. The molecule has 0 aliphatic carbocycles. The third kappa shape index (κ3) is 5.57. The van der Waals surface area contributed by atoms with Crippen molar-refractivity contribution in [3.63, 3.8) is 0 Å². The molecule has 8 heteroatoms. The van der Waals surface area contributed by atoms with Crippen molar-refractivity contribution in [1.82, 2.24) is 9.62 Å². The predicted molar refractivity (Wildman–Crippen MR) is 104 cm³/mol. The molecule has 0 atom stereocenters. The Labute approximate surface area is 163 Å². The zero-order chi connectivity index (χ0) is 19.2. The third-order valence-electron chi connectivity index (χ3n) is 3.46. The van der Waals surface area contributed by atoms with Gasteiger partial charge >= 0.3 is 0 Å². The Morgan fingerprint density at radius 1 is 1.12 bits per heavy atom. The van der Waals surface area contributed by atoms with E-state index in [-0.39, 0.29) is 24.5 Å². The largest absolute Gasteiger partial charge is 0.351 e. The lowest BCUT2D eigenvalue weighted by Gasteiger charge is -2.22. The molecule has 0 saturated heterocycles. The van der Waals surface area contributed by atoms with E-state index in [0.29, 0.717) is 15.6 Å². The minimum absolute atomic E-state index is 0.00697. The monoisotopic (exact) mass is 412 g/mol. The first-order chi connectivity index (χ1) is 12.3. The van der Waals surface area contributed by atoms with Gasteiger partial charge in [-0.25, -0.2) is 8.42 Å². The first-order valence-corrected chi connectivity index (χ1v) is 9.90. The van der Waals surface area contributed by atoms with E-state index < -0.39 is 15.9 Å². The average molecular weight is 413 g/mol. The van der Waals surface area contributed by atoms with Crippen LogP contribution in [0.25, 0.3) is 0 Å². The molecule has 0 unspecified atom stereocenters. The topological polar surface area (TPSA) is 66.5 Å². The van der Waals surface area contributed by atoms with Gasteiger partial charge in [-0.1, -0.05) is 41.4 Å². The summed E-state index contributed by atoms with van der Waals surface area (Å²) in [5, 5.41) is 3.50. The SMILES string of the molecule is C=CCNC(=O)CN(Cc1cccc(Cl)c1)S(=O)(=O)c1ccc(Cl)cc1. The van der Waals surface area contributed by atoms with Gasteiger partial charge in [-0.2, -0.15) is 4.31 Å². The Hall–Kier alpha value is -1.86. The number of halogens is 2. The fourth-order valence-corrected chi connectivity index (χ4v) is 3.95. The molecule has 1 N–H and O–H groups in total. The predicted octanol–water partition coefficient (Wildman–Crippen LogP) is 3.49. The van der Waals surface area contributed by atoms with E-state index >= 15 is 0 Å². The van der Waals surface area contributed by atoms with E-state index in [1.54, 1.807) is 24.3 Å². The highest BCUT2D eigenvalue weighted by Crippen LogP contribution is 2.21. The van der Waals surface area contributed by atoms with Gasteiger partial charge in [0.05, 0.1) is 11.4 Å². The lowest BCUT2D eigenvalue weighted by molar-refractivity contribution is -0.121. The molecule has 0 aliphatic rings. The number of sulfonamides is 1. The van der Waals surface area contributed by atoms with Gasteiger partial charge in [0.15, 0.2) is 0 Å². The Morgan fingerprint density at radius 2 is 1.81 bits per heavy atom. The van der Waals surface area contributed by atoms with Crippen LogP contribution in [0.4, 0.5) is 0 Å². The van der Waals surface area contributed by atoms with Crippen molar-refractivity contribution < 1.29 is 13.2 Å². The number of carbonyl (C=O) groups excluding carboxylic acids is 1. The van der Waals surface area contributed by atoms with Crippen LogP contribution in [0.1, 0.15) is 5.56 Å². The number of nitrogens with one attached hydrogen (secondary N) is 1. The number of nitrogens with zero attached hydrogens (tertiary/aromatic N) is 1. The van der Waals surface area contributed by atoms with Crippen LogP contribution in [0.5, 0.6) is 0 Å². The van der Waals surface area contributed by atoms with Gasteiger partial charge in [-0.15, -0.1) is 6.58 Å². The van der Waals surface area contributed by atoms with E-state index in [1.165, 1.54) is 30.3 Å². The zero-order valence-electron chi connectivity index (χ0n) is 13.9. The minimum atomic E-state index is -3.90. The Balaban J connectivity index is 2.33. The van der Waals surface area contributed by atoms with Gasteiger partial charge in [0.2, 0.25) is 15.9 Å². The summed E-state index contributed by atoms with van der Waals surface area (Å²) in [7, 11) is -3.90. The molecule has 0 heterocycles. The molecule has 2 aromatic rings. The molecule has 2 aromatic carbocycles. The maximum atomic E-state index is 13.0. The summed E-state index contributed by atoms with van der Waals surface area (Å²) in [5.74, 6) is -0.426. The van der Waals surface area contributed by atoms with Crippen molar-refractivity contribution in [2.75, 3.05) is 13.1 Å². The van der Waals surface area contributed by atoms with Crippen molar-refractivity contribution in [2.24, 2.45) is 0 Å². The molecule has 0 aliphatic heterocycles. The maximum Gasteiger partial charge on any atom is 0.243 e. The molecule has 138 valence electrons. The maximum absolute atomic E-state index is 13.0. The lowest BCUT2D eigenvalue weighted by atomic mass is 10.2. The summed E-state index contributed by atoms with van der Waals surface area (Å²) >= 11 is 11.8. The Kier molecular flexibility index (Phi) is 7.23. The number of hydrogen-bond donors (Lipinski definition) is 1. The third-order valence-corrected chi connectivity index (χ3v) is 5.76. The van der Waals surface area contributed by atoms with Gasteiger partial charge in [0, 0.05) is 23.1 Å². The summed E-state index contributed by atoms with van der Waals surface area (Å²) in [4.78, 5) is 12.1. The zero-order valence-corrected chi connectivity index (χ0v) is 16.2. The fraction of sp³-hybridized carbons (Fsp3) is 0.167. The van der Waals surface area contributed by atoms with E-state index in [9.17, 15) is 13.2 Å². The summed E-state index contributed by atoms with van der Waals surface area (Å²) in [6, 6.07) is 12.6. The van der Waals surface area contributed by atoms with Crippen LogP contribution in [-0.2, 0) is 21.4 Å². The molecular formula is C18H18Cl2N2O3S. The summed E-state index contributed by atoms with van der Waals surface area (Å²) in [6.45, 7) is 3.45. The van der Waals surface area contributed by atoms with Crippen molar-refractivity contribution in [3.8, 4) is 0 Å². The van der Waals surface area contributed by atoms with E-state index in [4.69, 9.17) is 23.2 Å². The fourth-order valence-electron chi connectivity index (χ4n) is 2.22. The molecule has 0 spiro atoms. The van der Waals surface area contributed by atoms with E-state index in [2.05, 4.69) is 11.9 Å². The van der Waals surface area contributed by atoms with Crippen molar-refractivity contribution in [1.29, 1.82) is 0 Å². The minimum Gasteiger partial charge on any atom is -0.351 e. The number of carbonyl (C=O) groups is 1. The van der Waals surface area contributed by atoms with E-state index in [0.717, 1.165) is 4.31 Å². The summed E-state index contributed by atoms with van der Waals surface area (Å²) in [5.41, 5.74) is 0.673. The van der Waals surface area contributed by atoms with Gasteiger partial charge in [0.25, 0.3) is 0 Å². The molecule has 5 nitrogen and oxygen atoms in total. The van der Waals surface area contributed by atoms with Crippen molar-refractivity contribution in [3.05, 3.63) is 76.8 Å². The molecule has 1 amide bonds. The highest BCUT2D eigenvalue weighted by molar-refractivity contribution is 7.89. The molecular weight excluding hydrogens is 395 g/mol. The van der Waals surface area contributed by atoms with Gasteiger partial charge in [0.1, 0.15) is 0 Å². The Morgan fingerprint density at radius 3 is 2.42 bits per heavy atom. The van der Waals surface area contributed by atoms with Crippen LogP contribution in [0.2, 0.25) is 10.0 Å². The second-order valence-electron chi connectivity index (χ2n) is 5.45. The van der Waals surface area contributed by atoms with Crippen LogP contribution < -0.4 is 5.32 Å². The normalized spacial score (nSPS) is 11.3. The molecule has 0 radical (unpaired) electrons. The van der Waals surface area contributed by atoms with Gasteiger partial charge in [-0.05, 0) is 42.0 Å². The lowest BCUT2D eigenvalue weighted by Crippen LogP contribution is -2.40. The number of rotatable bonds is 8. The van der Waals surface area contributed by atoms with Crippen LogP contribution in [0, 0.1) is 0 Å². The van der Waals surface area contributed by atoms with Crippen LogP contribution >= 0.6 is 23.2 Å². The number of hydrogen-bond acceptors (Lipinski definition) is 3. The summed E-state index contributed by atoms with van der Waals surface area (Å²) < 4.78 is 27.1. The van der Waals surface area contributed by atoms with Crippen LogP contribution in [0.3, 0.4) is 0 Å². The van der Waals surface area contributed by atoms with Gasteiger partial charge < -0.3 is 5.32 Å². The van der Waals surface area contributed by atoms with Crippen LogP contribution in [0.15, 0.2) is 66.1 Å². The second-order valence-corrected chi connectivity index (χ2v) is 8.26. The number of amides is 1. The highest BCUT2D eigenvalue weighted by Gasteiger charge is 2.26. The molecule has 0 aromatic heterocycles. The van der Waals surface area contributed by atoms with E-state index in [1.807, 2.05) is 0 Å². The standard InChI is InChI=1S/C18H18Cl2N2O3S/c1-2-10-21-18(23)13-22(12-14-4-3-5-16(20)11-14)26(24,25)17-8-6-15(19)7-9-17/h2-9,11H,1,10,12-13H2,(H,21,23). The molecule has 2 rings (SSSR count). The van der Waals surface area contributed by atoms with Gasteiger partial charge in [-0.3, -0.25) is 4.79 Å². The van der Waals surface area contributed by atoms with Crippen LogP contribution in [-0.4, -0.2) is 31.7 Å². The highest BCUT2D eigenvalue weighted by atomic mass is 35.5. The van der Waals surface area contributed by atoms with Crippen molar-refractivity contribution in [2.45, 2.75) is 11.4 Å². The van der Waals surface area contributed by atoms with Crippen molar-refractivity contribution >= 4 is 39.1 Å². The smallest absolute Gasteiger partial charge is 0.243 e. The first-order valence-electron chi connectivity index (χ1n) is 7.70. The second kappa shape index (κ2) is 9.19. The first kappa shape index (κ1) is 20.5. The Bertz CT molecular complexity index is 884. The molecule has 0 bridgehead atoms. The molecule has 0 fully saturated rings.